The Labute approximate surface area is 191 Å². The van der Waals surface area contributed by atoms with Crippen molar-refractivity contribution in [3.63, 3.8) is 0 Å². The maximum absolute atomic E-state index is 13.6. The molecule has 1 N–H and O–H groups in total. The lowest BCUT2D eigenvalue weighted by Gasteiger charge is -2.30. The van der Waals surface area contributed by atoms with Crippen molar-refractivity contribution < 1.29 is 9.53 Å². The van der Waals surface area contributed by atoms with E-state index in [0.717, 1.165) is 25.0 Å². The highest BCUT2D eigenvalue weighted by atomic mass is 35.5. The molecular weight excluding hydrogens is 430 g/mol. The van der Waals surface area contributed by atoms with Gasteiger partial charge in [0.1, 0.15) is 10.8 Å². The van der Waals surface area contributed by atoms with Crippen molar-refractivity contribution in [1.82, 2.24) is 9.47 Å². The standard InChI is InChI=1S/C24H26ClN3O2S/c1-3-19-20-8-6-12-27(20)23-17(16-7-4-5-9-22(16)31-23)14-28(19)24(29)26-18-13-15(25)10-11-21(18)30-2/h6,8,10-13,19H,3-5,7,9,14H2,1-2H3,(H,26,29)/t19-/m0/s1. The van der Waals surface area contributed by atoms with Crippen LogP contribution in [0.15, 0.2) is 36.5 Å². The number of ether oxygens (including phenoxy) is 1. The summed E-state index contributed by atoms with van der Waals surface area (Å²) in [5.41, 5.74) is 4.51. The van der Waals surface area contributed by atoms with Gasteiger partial charge >= 0.3 is 6.03 Å². The molecule has 2 aliphatic rings. The van der Waals surface area contributed by atoms with Crippen molar-refractivity contribution in [3.8, 4) is 10.8 Å². The number of fused-ring (bicyclic) bond motifs is 5. The fourth-order valence-electron chi connectivity index (χ4n) is 4.87. The topological polar surface area (TPSA) is 46.5 Å². The van der Waals surface area contributed by atoms with E-state index in [-0.39, 0.29) is 12.1 Å². The largest absolute Gasteiger partial charge is 0.495 e. The van der Waals surface area contributed by atoms with Crippen LogP contribution in [-0.2, 0) is 19.4 Å². The molecule has 2 amide bonds. The van der Waals surface area contributed by atoms with Crippen LogP contribution < -0.4 is 10.1 Å². The molecule has 0 saturated carbocycles. The molecule has 0 fully saturated rings. The number of thiophene rings is 1. The van der Waals surface area contributed by atoms with Gasteiger partial charge in [-0.05, 0) is 68.0 Å². The van der Waals surface area contributed by atoms with Gasteiger partial charge in [0.05, 0.1) is 25.4 Å². The molecule has 31 heavy (non-hydrogen) atoms. The SMILES string of the molecule is CC[C@H]1c2cccn2-c2sc3c(c2CN1C(=O)Nc1cc(Cl)ccc1OC)CCCC3. The third kappa shape index (κ3) is 3.52. The van der Waals surface area contributed by atoms with Gasteiger partial charge in [0.15, 0.2) is 0 Å². The lowest BCUT2D eigenvalue weighted by Crippen LogP contribution is -2.37. The van der Waals surface area contributed by atoms with E-state index in [1.807, 2.05) is 16.2 Å². The van der Waals surface area contributed by atoms with Gasteiger partial charge in [-0.1, -0.05) is 18.5 Å². The van der Waals surface area contributed by atoms with Crippen LogP contribution in [0, 0.1) is 0 Å². The Hall–Kier alpha value is -2.44. The molecule has 3 aromatic rings. The molecular formula is C24H26ClN3O2S. The molecule has 5 rings (SSSR count). The summed E-state index contributed by atoms with van der Waals surface area (Å²) < 4.78 is 7.74. The Bertz CT molecular complexity index is 1140. The Morgan fingerprint density at radius 2 is 2.10 bits per heavy atom. The number of anilines is 1. The number of aromatic nitrogens is 1. The number of methoxy groups -OCH3 is 1. The maximum Gasteiger partial charge on any atom is 0.322 e. The number of halogens is 1. The van der Waals surface area contributed by atoms with E-state index >= 15 is 0 Å². The number of benzene rings is 1. The van der Waals surface area contributed by atoms with Crippen LogP contribution in [0.25, 0.3) is 5.00 Å². The number of amides is 2. The number of carbonyl (C=O) groups is 1. The van der Waals surface area contributed by atoms with Gasteiger partial charge in [-0.15, -0.1) is 11.3 Å². The number of aryl methyl sites for hydroxylation is 1. The van der Waals surface area contributed by atoms with Gasteiger partial charge in [-0.25, -0.2) is 4.79 Å². The summed E-state index contributed by atoms with van der Waals surface area (Å²) in [5.74, 6) is 0.595. The minimum Gasteiger partial charge on any atom is -0.495 e. The summed E-state index contributed by atoms with van der Waals surface area (Å²) in [4.78, 5) is 17.1. The highest BCUT2D eigenvalue weighted by Gasteiger charge is 2.34. The Balaban J connectivity index is 1.57. The molecule has 1 aliphatic heterocycles. The number of hydrogen-bond donors (Lipinski definition) is 1. The first-order valence-electron chi connectivity index (χ1n) is 10.8. The van der Waals surface area contributed by atoms with E-state index in [1.54, 1.807) is 25.3 Å². The number of nitrogens with one attached hydrogen (secondary N) is 1. The van der Waals surface area contributed by atoms with Crippen molar-refractivity contribution in [1.29, 1.82) is 0 Å². The molecule has 1 aromatic carbocycles. The van der Waals surface area contributed by atoms with Crippen LogP contribution >= 0.6 is 22.9 Å². The molecule has 0 bridgehead atoms. The Kier molecular flexibility index (Phi) is 5.44. The lowest BCUT2D eigenvalue weighted by molar-refractivity contribution is 0.181. The highest BCUT2D eigenvalue weighted by Crippen LogP contribution is 2.43. The van der Waals surface area contributed by atoms with E-state index in [0.29, 0.717) is 23.0 Å². The summed E-state index contributed by atoms with van der Waals surface area (Å²) in [6.45, 7) is 2.74. The van der Waals surface area contributed by atoms with Gasteiger partial charge in [-0.3, -0.25) is 0 Å². The fraction of sp³-hybridized carbons (Fsp3) is 0.375. The van der Waals surface area contributed by atoms with E-state index in [9.17, 15) is 4.79 Å². The van der Waals surface area contributed by atoms with Crippen LogP contribution in [0.3, 0.4) is 0 Å². The van der Waals surface area contributed by atoms with Gasteiger partial charge in [0.25, 0.3) is 0 Å². The number of rotatable bonds is 3. The summed E-state index contributed by atoms with van der Waals surface area (Å²) in [5, 5.41) is 4.90. The normalized spacial score (nSPS) is 17.4. The van der Waals surface area contributed by atoms with E-state index in [2.05, 4.69) is 35.1 Å². The minimum absolute atomic E-state index is 0.0148. The van der Waals surface area contributed by atoms with Crippen molar-refractivity contribution in [3.05, 3.63) is 63.2 Å². The second kappa shape index (κ2) is 8.24. The zero-order valence-corrected chi connectivity index (χ0v) is 19.4. The van der Waals surface area contributed by atoms with Crippen molar-refractivity contribution >= 4 is 34.7 Å². The summed E-state index contributed by atoms with van der Waals surface area (Å²) in [6.07, 6.45) is 7.69. The molecule has 2 aromatic heterocycles. The van der Waals surface area contributed by atoms with Crippen molar-refractivity contribution in [2.75, 3.05) is 12.4 Å². The van der Waals surface area contributed by atoms with Crippen LogP contribution in [-0.4, -0.2) is 22.6 Å². The molecule has 0 radical (unpaired) electrons. The predicted octanol–water partition coefficient (Wildman–Crippen LogP) is 6.58. The van der Waals surface area contributed by atoms with Gasteiger partial charge < -0.3 is 19.5 Å². The summed E-state index contributed by atoms with van der Waals surface area (Å²) in [7, 11) is 1.59. The van der Waals surface area contributed by atoms with Gasteiger partial charge in [-0.2, -0.15) is 0 Å². The number of nitrogens with zero attached hydrogens (tertiary/aromatic N) is 2. The van der Waals surface area contributed by atoms with Crippen LogP contribution in [0.2, 0.25) is 5.02 Å². The molecule has 162 valence electrons. The molecule has 5 nitrogen and oxygen atoms in total. The third-order valence-corrected chi connectivity index (χ3v) is 7.92. The molecule has 3 heterocycles. The minimum atomic E-state index is -0.135. The highest BCUT2D eigenvalue weighted by molar-refractivity contribution is 7.15. The molecule has 0 spiro atoms. The average Bonchev–Trinajstić information content (AvgIpc) is 3.36. The summed E-state index contributed by atoms with van der Waals surface area (Å²) >= 11 is 8.09. The van der Waals surface area contributed by atoms with Crippen molar-refractivity contribution in [2.24, 2.45) is 0 Å². The lowest BCUT2D eigenvalue weighted by atomic mass is 9.95. The maximum atomic E-state index is 13.6. The third-order valence-electron chi connectivity index (χ3n) is 6.36. The first-order chi connectivity index (χ1) is 15.1. The molecule has 0 unspecified atom stereocenters. The van der Waals surface area contributed by atoms with E-state index in [1.165, 1.54) is 33.8 Å². The predicted molar refractivity (Wildman–Crippen MR) is 126 cm³/mol. The van der Waals surface area contributed by atoms with Crippen molar-refractivity contribution in [2.45, 2.75) is 51.6 Å². The molecule has 7 heteroatoms. The Morgan fingerprint density at radius 1 is 1.26 bits per heavy atom. The number of hydrogen-bond acceptors (Lipinski definition) is 3. The first-order valence-corrected chi connectivity index (χ1v) is 12.0. The smallest absolute Gasteiger partial charge is 0.322 e. The van der Waals surface area contributed by atoms with E-state index in [4.69, 9.17) is 16.3 Å². The Morgan fingerprint density at radius 3 is 2.90 bits per heavy atom. The van der Waals surface area contributed by atoms with E-state index < -0.39 is 0 Å². The monoisotopic (exact) mass is 455 g/mol. The summed E-state index contributed by atoms with van der Waals surface area (Å²) in [6, 6.07) is 9.34. The molecule has 1 aliphatic carbocycles. The van der Waals surface area contributed by atoms with Gasteiger partial charge in [0, 0.05) is 27.4 Å². The second-order valence-electron chi connectivity index (χ2n) is 8.12. The fourth-order valence-corrected chi connectivity index (χ4v) is 6.45. The average molecular weight is 456 g/mol. The number of urea groups is 1. The zero-order chi connectivity index (χ0) is 21.5. The number of carbonyl (C=O) groups excluding carboxylic acids is 1. The first kappa shape index (κ1) is 20.5. The zero-order valence-electron chi connectivity index (χ0n) is 17.8. The quantitative estimate of drug-likeness (QED) is 0.485. The van der Waals surface area contributed by atoms with Crippen LogP contribution in [0.1, 0.15) is 53.9 Å². The van der Waals surface area contributed by atoms with Crippen LogP contribution in [0.4, 0.5) is 10.5 Å². The van der Waals surface area contributed by atoms with Crippen LogP contribution in [0.5, 0.6) is 5.75 Å². The molecule has 1 atom stereocenters. The molecule has 0 saturated heterocycles. The second-order valence-corrected chi connectivity index (χ2v) is 9.64. The van der Waals surface area contributed by atoms with Gasteiger partial charge in [0.2, 0.25) is 0 Å².